The zero-order valence-electron chi connectivity index (χ0n) is 13.2. The lowest BCUT2D eigenvalue weighted by atomic mass is 10.0. The van der Waals surface area contributed by atoms with Crippen molar-refractivity contribution in [1.29, 1.82) is 0 Å². The molecule has 0 heterocycles. The van der Waals surface area contributed by atoms with E-state index < -0.39 is 0 Å². The van der Waals surface area contributed by atoms with Gasteiger partial charge >= 0.3 is 0 Å². The summed E-state index contributed by atoms with van der Waals surface area (Å²) in [6.45, 7) is 12.1. The Balaban J connectivity index is 2.44. The van der Waals surface area contributed by atoms with Crippen LogP contribution < -0.4 is 4.74 Å². The summed E-state index contributed by atoms with van der Waals surface area (Å²) in [5.74, 6) is 1.43. The normalized spacial score (nSPS) is 11.1. The maximum Gasteiger partial charge on any atom is 0.163 e. The summed E-state index contributed by atoms with van der Waals surface area (Å²) < 4.78 is 5.70. The number of Topliss-reactive ketones (excluding diaryl/α,β-unsaturated/α-hetero) is 1. The predicted molar refractivity (Wildman–Crippen MR) is 83.5 cm³/mol. The Morgan fingerprint density at radius 1 is 1.15 bits per heavy atom. The molecule has 112 valence electrons. The number of rotatable bonds is 9. The maximum absolute atomic E-state index is 11.9. The SMILES string of the molecule is CCN(CC)CCOc1ccc(C(=O)CC(C)C)cc1. The van der Waals surface area contributed by atoms with E-state index in [0.717, 1.165) is 30.9 Å². The highest BCUT2D eigenvalue weighted by Crippen LogP contribution is 2.15. The van der Waals surface area contributed by atoms with Crippen molar-refractivity contribution in [3.63, 3.8) is 0 Å². The lowest BCUT2D eigenvalue weighted by Crippen LogP contribution is -2.27. The minimum atomic E-state index is 0.203. The second-order valence-corrected chi connectivity index (χ2v) is 5.42. The van der Waals surface area contributed by atoms with Crippen molar-refractivity contribution in [2.24, 2.45) is 5.92 Å². The number of hydrogen-bond donors (Lipinski definition) is 0. The van der Waals surface area contributed by atoms with E-state index in [2.05, 4.69) is 32.6 Å². The lowest BCUT2D eigenvalue weighted by Gasteiger charge is -2.18. The van der Waals surface area contributed by atoms with Gasteiger partial charge in [0.1, 0.15) is 12.4 Å². The zero-order valence-corrected chi connectivity index (χ0v) is 13.2. The third-order valence-corrected chi connectivity index (χ3v) is 3.34. The highest BCUT2D eigenvalue weighted by atomic mass is 16.5. The molecule has 0 aliphatic carbocycles. The monoisotopic (exact) mass is 277 g/mol. The number of hydrogen-bond acceptors (Lipinski definition) is 3. The van der Waals surface area contributed by atoms with Crippen LogP contribution in [0.25, 0.3) is 0 Å². The van der Waals surface area contributed by atoms with Crippen molar-refractivity contribution >= 4 is 5.78 Å². The summed E-state index contributed by atoms with van der Waals surface area (Å²) in [5, 5.41) is 0. The first-order valence-electron chi connectivity index (χ1n) is 7.55. The predicted octanol–water partition coefficient (Wildman–Crippen LogP) is 3.64. The number of ether oxygens (including phenoxy) is 1. The highest BCUT2D eigenvalue weighted by molar-refractivity contribution is 5.96. The molecule has 0 saturated carbocycles. The van der Waals surface area contributed by atoms with Gasteiger partial charge in [0, 0.05) is 18.5 Å². The molecule has 0 fully saturated rings. The van der Waals surface area contributed by atoms with Crippen LogP contribution in [-0.4, -0.2) is 36.9 Å². The molecule has 0 unspecified atom stereocenters. The zero-order chi connectivity index (χ0) is 15.0. The molecule has 0 bridgehead atoms. The van der Waals surface area contributed by atoms with Crippen molar-refractivity contribution in [3.8, 4) is 5.75 Å². The van der Waals surface area contributed by atoms with Gasteiger partial charge < -0.3 is 9.64 Å². The highest BCUT2D eigenvalue weighted by Gasteiger charge is 2.08. The van der Waals surface area contributed by atoms with Gasteiger partial charge in [-0.2, -0.15) is 0 Å². The van der Waals surface area contributed by atoms with Gasteiger partial charge in [-0.1, -0.05) is 27.7 Å². The molecule has 3 heteroatoms. The molecular formula is C17H27NO2. The first kappa shape index (κ1) is 16.7. The molecule has 0 N–H and O–H groups in total. The Labute approximate surface area is 122 Å². The second kappa shape index (κ2) is 8.75. The van der Waals surface area contributed by atoms with Gasteiger partial charge in [0.2, 0.25) is 0 Å². The van der Waals surface area contributed by atoms with Gasteiger partial charge in [0.25, 0.3) is 0 Å². The minimum absolute atomic E-state index is 0.203. The first-order chi connectivity index (χ1) is 9.56. The third-order valence-electron chi connectivity index (χ3n) is 3.34. The largest absolute Gasteiger partial charge is 0.492 e. The Bertz CT molecular complexity index is 394. The van der Waals surface area contributed by atoms with Crippen molar-refractivity contribution in [2.75, 3.05) is 26.2 Å². The number of carbonyl (C=O) groups is 1. The van der Waals surface area contributed by atoms with E-state index in [1.807, 2.05) is 24.3 Å². The molecule has 1 aromatic rings. The Kier molecular flexibility index (Phi) is 7.31. The molecule has 0 amide bonds. The van der Waals surface area contributed by atoms with E-state index in [4.69, 9.17) is 4.74 Å². The van der Waals surface area contributed by atoms with Gasteiger partial charge in [0.15, 0.2) is 5.78 Å². The molecule has 3 nitrogen and oxygen atoms in total. The standard InChI is InChI=1S/C17H27NO2/c1-5-18(6-2)11-12-20-16-9-7-15(8-10-16)17(19)13-14(3)4/h7-10,14H,5-6,11-13H2,1-4H3. The molecule has 20 heavy (non-hydrogen) atoms. The van der Waals surface area contributed by atoms with E-state index >= 15 is 0 Å². The second-order valence-electron chi connectivity index (χ2n) is 5.42. The van der Waals surface area contributed by atoms with Crippen LogP contribution in [0.15, 0.2) is 24.3 Å². The molecule has 1 aromatic carbocycles. The Hall–Kier alpha value is -1.35. The maximum atomic E-state index is 11.9. The van der Waals surface area contributed by atoms with Crippen LogP contribution in [0.4, 0.5) is 0 Å². The van der Waals surface area contributed by atoms with Crippen molar-refractivity contribution in [2.45, 2.75) is 34.1 Å². The molecule has 0 aromatic heterocycles. The summed E-state index contributed by atoms with van der Waals surface area (Å²) >= 11 is 0. The molecule has 0 saturated heterocycles. The summed E-state index contributed by atoms with van der Waals surface area (Å²) in [6.07, 6.45) is 0.599. The van der Waals surface area contributed by atoms with Gasteiger partial charge in [-0.3, -0.25) is 4.79 Å². The fourth-order valence-electron chi connectivity index (χ4n) is 2.06. The Morgan fingerprint density at radius 2 is 1.75 bits per heavy atom. The number of benzene rings is 1. The fraction of sp³-hybridized carbons (Fsp3) is 0.588. The molecule has 0 atom stereocenters. The van der Waals surface area contributed by atoms with Crippen molar-refractivity contribution in [3.05, 3.63) is 29.8 Å². The molecule has 0 aliphatic heterocycles. The van der Waals surface area contributed by atoms with Crippen LogP contribution in [-0.2, 0) is 0 Å². The van der Waals surface area contributed by atoms with E-state index in [1.54, 1.807) is 0 Å². The van der Waals surface area contributed by atoms with Crippen LogP contribution in [0, 0.1) is 5.92 Å². The van der Waals surface area contributed by atoms with E-state index in [9.17, 15) is 4.79 Å². The average molecular weight is 277 g/mol. The van der Waals surface area contributed by atoms with Crippen LogP contribution in [0.5, 0.6) is 5.75 Å². The average Bonchev–Trinajstić information content (AvgIpc) is 2.43. The van der Waals surface area contributed by atoms with Crippen molar-refractivity contribution in [1.82, 2.24) is 4.90 Å². The van der Waals surface area contributed by atoms with Crippen LogP contribution >= 0.6 is 0 Å². The van der Waals surface area contributed by atoms with Gasteiger partial charge in [-0.05, 0) is 43.3 Å². The number of ketones is 1. The Morgan fingerprint density at radius 3 is 2.25 bits per heavy atom. The van der Waals surface area contributed by atoms with Gasteiger partial charge in [0.05, 0.1) is 0 Å². The van der Waals surface area contributed by atoms with Crippen LogP contribution in [0.2, 0.25) is 0 Å². The third kappa shape index (κ3) is 5.74. The number of carbonyl (C=O) groups excluding carboxylic acids is 1. The summed E-state index contributed by atoms with van der Waals surface area (Å²) in [7, 11) is 0. The molecule has 1 rings (SSSR count). The quantitative estimate of drug-likeness (QED) is 0.645. The molecule has 0 spiro atoms. The summed E-state index contributed by atoms with van der Waals surface area (Å²) in [4.78, 5) is 14.2. The van der Waals surface area contributed by atoms with Crippen LogP contribution in [0.3, 0.4) is 0 Å². The minimum Gasteiger partial charge on any atom is -0.492 e. The van der Waals surface area contributed by atoms with E-state index in [1.165, 1.54) is 0 Å². The van der Waals surface area contributed by atoms with E-state index in [0.29, 0.717) is 18.9 Å². The van der Waals surface area contributed by atoms with E-state index in [-0.39, 0.29) is 5.78 Å². The number of likely N-dealkylation sites (N-methyl/N-ethyl adjacent to an activating group) is 1. The molecule has 0 aliphatic rings. The molecular weight excluding hydrogens is 250 g/mol. The van der Waals surface area contributed by atoms with Crippen molar-refractivity contribution < 1.29 is 9.53 Å². The smallest absolute Gasteiger partial charge is 0.163 e. The summed E-state index contributed by atoms with van der Waals surface area (Å²) in [5.41, 5.74) is 0.773. The van der Waals surface area contributed by atoms with Crippen LogP contribution in [0.1, 0.15) is 44.5 Å². The number of nitrogens with zero attached hydrogens (tertiary/aromatic N) is 1. The lowest BCUT2D eigenvalue weighted by molar-refractivity contribution is 0.0968. The topological polar surface area (TPSA) is 29.5 Å². The summed E-state index contributed by atoms with van der Waals surface area (Å²) in [6, 6.07) is 7.49. The molecule has 0 radical (unpaired) electrons. The van der Waals surface area contributed by atoms with Gasteiger partial charge in [-0.15, -0.1) is 0 Å². The first-order valence-corrected chi connectivity index (χ1v) is 7.55. The fourth-order valence-corrected chi connectivity index (χ4v) is 2.06. The van der Waals surface area contributed by atoms with Gasteiger partial charge in [-0.25, -0.2) is 0 Å².